The number of amides is 2. The Morgan fingerprint density at radius 2 is 2.00 bits per heavy atom. The van der Waals surface area contributed by atoms with E-state index >= 15 is 0 Å². The zero-order chi connectivity index (χ0) is 22.1. The van der Waals surface area contributed by atoms with Gasteiger partial charge in [-0.25, -0.2) is 15.0 Å². The summed E-state index contributed by atoms with van der Waals surface area (Å²) in [5.74, 6) is 3.38. The fourth-order valence-electron chi connectivity index (χ4n) is 3.14. The van der Waals surface area contributed by atoms with E-state index in [1.54, 1.807) is 41.5 Å². The van der Waals surface area contributed by atoms with E-state index in [1.165, 1.54) is 11.0 Å². The maximum atomic E-state index is 14.4. The molecule has 1 aromatic rings. The molecular weight excluding hydrogens is 405 g/mol. The summed E-state index contributed by atoms with van der Waals surface area (Å²) in [5.41, 5.74) is 0.148. The molecule has 0 aromatic heterocycles. The molecule has 29 heavy (non-hydrogen) atoms. The van der Waals surface area contributed by atoms with Crippen LogP contribution in [0.15, 0.2) is 12.1 Å². The van der Waals surface area contributed by atoms with E-state index in [0.717, 1.165) is 6.07 Å². The van der Waals surface area contributed by atoms with Crippen molar-refractivity contribution in [3.8, 4) is 5.75 Å². The Balaban J connectivity index is 2.22. The van der Waals surface area contributed by atoms with Gasteiger partial charge in [0.15, 0.2) is 11.6 Å². The van der Waals surface area contributed by atoms with Crippen LogP contribution in [0.3, 0.4) is 0 Å². The highest BCUT2D eigenvalue weighted by atomic mass is 35.5. The number of nitrogen functional groups attached to an aromatic ring is 1. The molecule has 1 fully saturated rings. The fourth-order valence-corrected chi connectivity index (χ4v) is 3.38. The Bertz CT molecular complexity index is 797. The summed E-state index contributed by atoms with van der Waals surface area (Å²) in [6.45, 7) is 10.5. The van der Waals surface area contributed by atoms with Gasteiger partial charge in [-0.15, -0.1) is 0 Å². The number of ether oxygens (including phenoxy) is 3. The topological polar surface area (TPSA) is 103 Å². The molecule has 0 bridgehead atoms. The van der Waals surface area contributed by atoms with Crippen molar-refractivity contribution in [1.29, 1.82) is 0 Å². The van der Waals surface area contributed by atoms with Crippen LogP contribution in [0, 0.1) is 5.82 Å². The number of carbonyl (C=O) groups excluding carboxylic acids is 2. The van der Waals surface area contributed by atoms with Crippen LogP contribution in [0.4, 0.5) is 9.18 Å². The SMILES string of the molecule is C[C@@H]1OC(C)(C)N(C(=O)OC(C)(C)C)[C@@H]1COc1cc(Cl)c(C(=O)NN)cc1F. The molecule has 1 aliphatic rings. The Hall–Kier alpha value is -2.10. The molecule has 0 saturated carbocycles. The van der Waals surface area contributed by atoms with E-state index in [0.29, 0.717) is 0 Å². The third kappa shape index (κ3) is 5.29. The van der Waals surface area contributed by atoms with Crippen LogP contribution in [0.5, 0.6) is 5.75 Å². The number of nitrogens with zero attached hydrogens (tertiary/aromatic N) is 1. The molecule has 2 rings (SSSR count). The summed E-state index contributed by atoms with van der Waals surface area (Å²) in [6, 6.07) is 1.58. The van der Waals surface area contributed by atoms with Gasteiger partial charge >= 0.3 is 6.09 Å². The van der Waals surface area contributed by atoms with Gasteiger partial charge in [0.05, 0.1) is 22.7 Å². The van der Waals surface area contributed by atoms with E-state index in [1.807, 2.05) is 5.43 Å². The molecule has 2 atom stereocenters. The van der Waals surface area contributed by atoms with E-state index in [4.69, 9.17) is 31.7 Å². The van der Waals surface area contributed by atoms with Gasteiger partial charge in [0.1, 0.15) is 17.9 Å². The van der Waals surface area contributed by atoms with Gasteiger partial charge in [0.25, 0.3) is 5.91 Å². The molecule has 1 aliphatic heterocycles. The number of rotatable bonds is 4. The van der Waals surface area contributed by atoms with Gasteiger partial charge in [-0.05, 0) is 47.6 Å². The van der Waals surface area contributed by atoms with Crippen molar-refractivity contribution < 1.29 is 28.2 Å². The van der Waals surface area contributed by atoms with Gasteiger partial charge in [-0.3, -0.25) is 15.1 Å². The van der Waals surface area contributed by atoms with Crippen molar-refractivity contribution in [3.63, 3.8) is 0 Å². The first kappa shape index (κ1) is 23.2. The maximum absolute atomic E-state index is 14.4. The first-order chi connectivity index (χ1) is 13.3. The summed E-state index contributed by atoms with van der Waals surface area (Å²) in [4.78, 5) is 25.8. The standard InChI is InChI=1S/C19H27ClFN3O5/c1-10-14(24(19(5,6)28-10)17(26)29-18(2,3)4)9-27-15-8-12(20)11(7-13(15)21)16(25)23-22/h7-8,10,14H,9,22H2,1-6H3,(H,23,25)/t10-,14+/m0/s1. The molecule has 0 unspecified atom stereocenters. The number of benzene rings is 1. The lowest BCUT2D eigenvalue weighted by Crippen LogP contribution is -2.52. The largest absolute Gasteiger partial charge is 0.488 e. The van der Waals surface area contributed by atoms with Crippen molar-refractivity contribution in [2.45, 2.75) is 65.0 Å². The molecule has 10 heteroatoms. The van der Waals surface area contributed by atoms with Crippen molar-refractivity contribution in [2.75, 3.05) is 6.61 Å². The lowest BCUT2D eigenvalue weighted by atomic mass is 10.1. The molecule has 1 aromatic carbocycles. The molecule has 8 nitrogen and oxygen atoms in total. The third-order valence-electron chi connectivity index (χ3n) is 4.33. The molecular formula is C19H27ClFN3O5. The van der Waals surface area contributed by atoms with Crippen LogP contribution >= 0.6 is 11.6 Å². The second kappa shape index (κ2) is 8.33. The molecule has 2 amide bonds. The average Bonchev–Trinajstić information content (AvgIpc) is 2.81. The number of nitrogens with one attached hydrogen (secondary N) is 1. The molecule has 0 spiro atoms. The zero-order valence-electron chi connectivity index (χ0n) is 17.3. The monoisotopic (exact) mass is 431 g/mol. The van der Waals surface area contributed by atoms with Crippen LogP contribution in [0.1, 0.15) is 51.9 Å². The molecule has 1 saturated heterocycles. The molecule has 1 heterocycles. The Morgan fingerprint density at radius 1 is 1.38 bits per heavy atom. The van der Waals surface area contributed by atoms with Gasteiger partial charge in [-0.2, -0.15) is 0 Å². The van der Waals surface area contributed by atoms with E-state index < -0.39 is 41.3 Å². The van der Waals surface area contributed by atoms with Crippen LogP contribution < -0.4 is 16.0 Å². The van der Waals surface area contributed by atoms with Crippen LogP contribution in [-0.4, -0.2) is 47.0 Å². The van der Waals surface area contributed by atoms with Crippen LogP contribution in [0.25, 0.3) is 0 Å². The second-order valence-electron chi connectivity index (χ2n) is 8.23. The van der Waals surface area contributed by atoms with Crippen molar-refractivity contribution in [1.82, 2.24) is 10.3 Å². The summed E-state index contributed by atoms with van der Waals surface area (Å²) in [5, 5.41) is -0.0237. The highest BCUT2D eigenvalue weighted by Crippen LogP contribution is 2.34. The quantitative estimate of drug-likeness (QED) is 0.431. The average molecular weight is 432 g/mol. The third-order valence-corrected chi connectivity index (χ3v) is 4.64. The highest BCUT2D eigenvalue weighted by Gasteiger charge is 2.50. The number of hydrogen-bond acceptors (Lipinski definition) is 6. The van der Waals surface area contributed by atoms with E-state index in [9.17, 15) is 14.0 Å². The highest BCUT2D eigenvalue weighted by molar-refractivity contribution is 6.34. The maximum Gasteiger partial charge on any atom is 0.413 e. The smallest absolute Gasteiger partial charge is 0.413 e. The van der Waals surface area contributed by atoms with Crippen molar-refractivity contribution >= 4 is 23.6 Å². The van der Waals surface area contributed by atoms with E-state index in [-0.39, 0.29) is 22.9 Å². The minimum Gasteiger partial charge on any atom is -0.488 e. The first-order valence-electron chi connectivity index (χ1n) is 9.09. The minimum absolute atomic E-state index is 0.0237. The minimum atomic E-state index is -0.935. The summed E-state index contributed by atoms with van der Waals surface area (Å²) < 4.78 is 31.3. The van der Waals surface area contributed by atoms with Gasteiger partial charge in [-0.1, -0.05) is 11.6 Å². The lowest BCUT2D eigenvalue weighted by molar-refractivity contribution is -0.0760. The van der Waals surface area contributed by atoms with Crippen molar-refractivity contribution in [2.24, 2.45) is 5.84 Å². The molecule has 0 aliphatic carbocycles. The summed E-state index contributed by atoms with van der Waals surface area (Å²) in [6.07, 6.45) is -0.952. The second-order valence-corrected chi connectivity index (χ2v) is 8.64. The summed E-state index contributed by atoms with van der Waals surface area (Å²) in [7, 11) is 0. The number of carbonyl (C=O) groups is 2. The molecule has 162 valence electrons. The van der Waals surface area contributed by atoms with Crippen LogP contribution in [-0.2, 0) is 9.47 Å². The van der Waals surface area contributed by atoms with Gasteiger partial charge < -0.3 is 14.2 Å². The van der Waals surface area contributed by atoms with Gasteiger partial charge in [0, 0.05) is 6.07 Å². The number of halogens is 2. The predicted molar refractivity (Wildman–Crippen MR) is 105 cm³/mol. The molecule has 3 N–H and O–H groups in total. The Labute approximate surface area is 174 Å². The Morgan fingerprint density at radius 3 is 2.55 bits per heavy atom. The zero-order valence-corrected chi connectivity index (χ0v) is 18.1. The Kier molecular flexibility index (Phi) is 6.66. The number of nitrogens with two attached hydrogens (primary N) is 1. The number of hydrogen-bond donors (Lipinski definition) is 2. The fraction of sp³-hybridized carbons (Fsp3) is 0.579. The summed E-state index contributed by atoms with van der Waals surface area (Å²) >= 11 is 6.02. The van der Waals surface area contributed by atoms with Crippen molar-refractivity contribution in [3.05, 3.63) is 28.5 Å². The normalized spacial score (nSPS) is 21.1. The predicted octanol–water partition coefficient (Wildman–Crippen LogP) is 3.22. The van der Waals surface area contributed by atoms with Gasteiger partial charge in [0.2, 0.25) is 0 Å². The van der Waals surface area contributed by atoms with E-state index in [2.05, 4.69) is 0 Å². The van der Waals surface area contributed by atoms with Crippen LogP contribution in [0.2, 0.25) is 5.02 Å². The first-order valence-corrected chi connectivity index (χ1v) is 9.47. The lowest BCUT2D eigenvalue weighted by Gasteiger charge is -2.35. The number of hydrazine groups is 1. The molecule has 0 radical (unpaired) electrons.